The number of aromatic carboxylic acids is 1. The number of benzene rings is 1. The first-order valence-corrected chi connectivity index (χ1v) is 5.82. The second kappa shape index (κ2) is 5.19. The molecule has 1 amide bonds. The third-order valence-electron chi connectivity index (χ3n) is 2.22. The molecule has 8 heteroatoms. The molecule has 0 fully saturated rings. The Hall–Kier alpha value is -2.22. The molecule has 0 bridgehead atoms. The summed E-state index contributed by atoms with van der Waals surface area (Å²) in [6, 6.07) is 5.06. The molecule has 19 heavy (non-hydrogen) atoms. The Morgan fingerprint density at radius 3 is 2.74 bits per heavy atom. The molecule has 1 heterocycles. The highest BCUT2D eigenvalue weighted by atomic mass is 79.9. The fourth-order valence-electron chi connectivity index (χ4n) is 1.35. The van der Waals surface area contributed by atoms with Crippen LogP contribution in [0.1, 0.15) is 20.8 Å². The van der Waals surface area contributed by atoms with E-state index in [1.54, 1.807) is 0 Å². The molecule has 6 nitrogen and oxygen atoms in total. The Kier molecular flexibility index (Phi) is 3.61. The molecule has 0 atom stereocenters. The van der Waals surface area contributed by atoms with Crippen LogP contribution < -0.4 is 5.32 Å². The lowest BCUT2D eigenvalue weighted by molar-refractivity contribution is 0.0690. The van der Waals surface area contributed by atoms with E-state index in [2.05, 4.69) is 31.4 Å². The van der Waals surface area contributed by atoms with Crippen LogP contribution in [0, 0.1) is 5.82 Å². The monoisotopic (exact) mass is 327 g/mol. The summed E-state index contributed by atoms with van der Waals surface area (Å²) in [6.07, 6.45) is 0. The Balaban J connectivity index is 2.20. The van der Waals surface area contributed by atoms with E-state index in [1.165, 1.54) is 12.1 Å². The van der Waals surface area contributed by atoms with E-state index in [1.807, 2.05) is 0 Å². The highest BCUT2D eigenvalue weighted by Gasteiger charge is 2.15. The predicted octanol–water partition coefficient (Wildman–Crippen LogP) is 2.26. The van der Waals surface area contributed by atoms with Crippen LogP contribution in [-0.4, -0.2) is 27.2 Å². The summed E-state index contributed by atoms with van der Waals surface area (Å²) in [7, 11) is 0. The van der Waals surface area contributed by atoms with Gasteiger partial charge >= 0.3 is 5.97 Å². The van der Waals surface area contributed by atoms with E-state index in [-0.39, 0.29) is 17.1 Å². The van der Waals surface area contributed by atoms with Crippen LogP contribution >= 0.6 is 15.9 Å². The number of nitrogens with one attached hydrogen (secondary N) is 2. The molecular weight excluding hydrogens is 321 g/mol. The van der Waals surface area contributed by atoms with Gasteiger partial charge in [0.25, 0.3) is 5.91 Å². The van der Waals surface area contributed by atoms with Crippen LogP contribution in [0.5, 0.6) is 0 Å². The van der Waals surface area contributed by atoms with E-state index in [0.29, 0.717) is 4.47 Å². The summed E-state index contributed by atoms with van der Waals surface area (Å²) >= 11 is 3.13. The highest BCUT2D eigenvalue weighted by molar-refractivity contribution is 9.10. The maximum Gasteiger partial charge on any atom is 0.353 e. The number of carboxylic acid groups (broad SMARTS) is 1. The van der Waals surface area contributed by atoms with Crippen molar-refractivity contribution in [2.45, 2.75) is 0 Å². The SMILES string of the molecule is O=C(O)c1cc(NC(=O)c2cc(Br)ccc2F)n[nH]1. The average molecular weight is 328 g/mol. The van der Waals surface area contributed by atoms with Crippen molar-refractivity contribution < 1.29 is 19.1 Å². The molecule has 1 aromatic heterocycles. The first-order valence-electron chi connectivity index (χ1n) is 5.02. The Labute approximate surface area is 114 Å². The maximum absolute atomic E-state index is 13.5. The number of hydrogen-bond acceptors (Lipinski definition) is 3. The van der Waals surface area contributed by atoms with Crippen molar-refractivity contribution in [3.63, 3.8) is 0 Å². The molecule has 0 unspecified atom stereocenters. The number of H-pyrrole nitrogens is 1. The minimum Gasteiger partial charge on any atom is -0.477 e. The van der Waals surface area contributed by atoms with Crippen LogP contribution in [0.3, 0.4) is 0 Å². The second-order valence-electron chi connectivity index (χ2n) is 3.55. The van der Waals surface area contributed by atoms with Gasteiger partial charge in [-0.25, -0.2) is 9.18 Å². The molecular formula is C11H7BrFN3O3. The van der Waals surface area contributed by atoms with Crippen LogP contribution in [0.2, 0.25) is 0 Å². The number of anilines is 1. The standard InChI is InChI=1S/C11H7BrFN3O3/c12-5-1-2-7(13)6(3-5)10(17)14-9-4-8(11(18)19)15-16-9/h1-4H,(H,18,19)(H2,14,15,16,17). The fraction of sp³-hybridized carbons (Fsp3) is 0. The van der Waals surface area contributed by atoms with Crippen LogP contribution in [-0.2, 0) is 0 Å². The van der Waals surface area contributed by atoms with Crippen molar-refractivity contribution in [3.05, 3.63) is 45.8 Å². The number of carboxylic acids is 1. The third kappa shape index (κ3) is 2.97. The summed E-state index contributed by atoms with van der Waals surface area (Å²) in [6.45, 7) is 0. The van der Waals surface area contributed by atoms with E-state index in [0.717, 1.165) is 12.1 Å². The largest absolute Gasteiger partial charge is 0.477 e. The van der Waals surface area contributed by atoms with Gasteiger partial charge in [0.2, 0.25) is 0 Å². The van der Waals surface area contributed by atoms with E-state index >= 15 is 0 Å². The molecule has 2 rings (SSSR count). The zero-order valence-corrected chi connectivity index (χ0v) is 10.9. The van der Waals surface area contributed by atoms with Crippen molar-refractivity contribution in [2.75, 3.05) is 5.32 Å². The van der Waals surface area contributed by atoms with Crippen molar-refractivity contribution in [3.8, 4) is 0 Å². The maximum atomic E-state index is 13.5. The lowest BCUT2D eigenvalue weighted by Crippen LogP contribution is -2.14. The van der Waals surface area contributed by atoms with Gasteiger partial charge in [0, 0.05) is 10.5 Å². The number of aromatic amines is 1. The van der Waals surface area contributed by atoms with Crippen molar-refractivity contribution >= 4 is 33.6 Å². The number of halogens is 2. The molecule has 0 spiro atoms. The first-order chi connectivity index (χ1) is 8.97. The number of amides is 1. The number of rotatable bonds is 3. The molecule has 0 saturated heterocycles. The highest BCUT2D eigenvalue weighted by Crippen LogP contribution is 2.17. The third-order valence-corrected chi connectivity index (χ3v) is 2.72. The summed E-state index contributed by atoms with van der Waals surface area (Å²) in [5.41, 5.74) is -0.348. The van der Waals surface area contributed by atoms with E-state index in [4.69, 9.17) is 5.11 Å². The molecule has 2 aromatic rings. The molecule has 0 aliphatic heterocycles. The number of hydrogen-bond donors (Lipinski definition) is 3. The van der Waals surface area contributed by atoms with Gasteiger partial charge in [-0.05, 0) is 18.2 Å². The normalized spacial score (nSPS) is 10.2. The molecule has 0 radical (unpaired) electrons. The molecule has 0 aliphatic rings. The van der Waals surface area contributed by atoms with Crippen LogP contribution in [0.25, 0.3) is 0 Å². The number of aromatic nitrogens is 2. The van der Waals surface area contributed by atoms with E-state index < -0.39 is 17.7 Å². The van der Waals surface area contributed by atoms with Crippen molar-refractivity contribution in [1.82, 2.24) is 10.2 Å². The second-order valence-corrected chi connectivity index (χ2v) is 4.47. The van der Waals surface area contributed by atoms with E-state index in [9.17, 15) is 14.0 Å². The summed E-state index contributed by atoms with van der Waals surface area (Å²) in [4.78, 5) is 22.4. The molecule has 3 N–H and O–H groups in total. The van der Waals surface area contributed by atoms with Gasteiger partial charge in [-0.3, -0.25) is 9.89 Å². The Morgan fingerprint density at radius 2 is 2.11 bits per heavy atom. The van der Waals surface area contributed by atoms with Gasteiger partial charge in [0.1, 0.15) is 11.5 Å². The topological polar surface area (TPSA) is 95.1 Å². The lowest BCUT2D eigenvalue weighted by Gasteiger charge is -2.03. The number of carbonyl (C=O) groups excluding carboxylic acids is 1. The van der Waals surface area contributed by atoms with Crippen molar-refractivity contribution in [2.24, 2.45) is 0 Å². The Bertz CT molecular complexity index is 656. The fourth-order valence-corrected chi connectivity index (χ4v) is 1.71. The zero-order chi connectivity index (χ0) is 14.0. The average Bonchev–Trinajstić information content (AvgIpc) is 2.80. The smallest absolute Gasteiger partial charge is 0.353 e. The zero-order valence-electron chi connectivity index (χ0n) is 9.28. The minimum absolute atomic E-state index is 0.00164. The van der Waals surface area contributed by atoms with Gasteiger partial charge in [-0.2, -0.15) is 5.10 Å². The van der Waals surface area contributed by atoms with Gasteiger partial charge < -0.3 is 10.4 Å². The van der Waals surface area contributed by atoms with Crippen LogP contribution in [0.15, 0.2) is 28.7 Å². The summed E-state index contributed by atoms with van der Waals surface area (Å²) < 4.78 is 14.0. The number of nitrogens with zero attached hydrogens (tertiary/aromatic N) is 1. The predicted molar refractivity (Wildman–Crippen MR) is 67.6 cm³/mol. The molecule has 1 aromatic carbocycles. The van der Waals surface area contributed by atoms with Gasteiger partial charge in [0.15, 0.2) is 5.82 Å². The molecule has 98 valence electrons. The summed E-state index contributed by atoms with van der Waals surface area (Å²) in [5, 5.41) is 16.8. The van der Waals surface area contributed by atoms with Gasteiger partial charge in [-0.15, -0.1) is 0 Å². The Morgan fingerprint density at radius 1 is 1.37 bits per heavy atom. The van der Waals surface area contributed by atoms with Gasteiger partial charge in [-0.1, -0.05) is 15.9 Å². The first kappa shape index (κ1) is 13.2. The van der Waals surface area contributed by atoms with Gasteiger partial charge in [0.05, 0.1) is 5.56 Å². The molecule has 0 aliphatic carbocycles. The van der Waals surface area contributed by atoms with Crippen molar-refractivity contribution in [1.29, 1.82) is 0 Å². The number of carbonyl (C=O) groups is 2. The lowest BCUT2D eigenvalue weighted by atomic mass is 10.2. The minimum atomic E-state index is -1.21. The molecule has 0 saturated carbocycles. The van der Waals surface area contributed by atoms with Crippen LogP contribution in [0.4, 0.5) is 10.2 Å². The quantitative estimate of drug-likeness (QED) is 0.805. The summed E-state index contributed by atoms with van der Waals surface area (Å²) in [5.74, 6) is -2.61.